The van der Waals surface area contributed by atoms with Gasteiger partial charge in [0.05, 0.1) is 6.54 Å². The molecule has 0 saturated carbocycles. The topological polar surface area (TPSA) is 59.2 Å². The number of hydrazine groups is 1. The first-order valence-corrected chi connectivity index (χ1v) is 5.18. The van der Waals surface area contributed by atoms with Gasteiger partial charge in [-0.25, -0.2) is 5.84 Å². The van der Waals surface area contributed by atoms with Crippen LogP contribution in [0.25, 0.3) is 0 Å². The SMILES string of the molecule is CCCCC(=O)N(N)Cc1ccncc1. The molecule has 0 aliphatic heterocycles. The Labute approximate surface area is 90.1 Å². The summed E-state index contributed by atoms with van der Waals surface area (Å²) >= 11 is 0. The van der Waals surface area contributed by atoms with Crippen LogP contribution in [0.4, 0.5) is 0 Å². The maximum Gasteiger partial charge on any atom is 0.236 e. The lowest BCUT2D eigenvalue weighted by atomic mass is 10.2. The molecule has 1 aromatic heterocycles. The number of hydrogen-bond donors (Lipinski definition) is 1. The third-order valence-corrected chi connectivity index (χ3v) is 2.17. The summed E-state index contributed by atoms with van der Waals surface area (Å²) in [6.45, 7) is 2.50. The van der Waals surface area contributed by atoms with E-state index in [4.69, 9.17) is 5.84 Å². The van der Waals surface area contributed by atoms with Gasteiger partial charge in [0.2, 0.25) is 5.91 Å². The number of carbonyl (C=O) groups is 1. The molecule has 0 bridgehead atoms. The Hall–Kier alpha value is -1.42. The fourth-order valence-electron chi connectivity index (χ4n) is 1.24. The highest BCUT2D eigenvalue weighted by Crippen LogP contribution is 2.03. The van der Waals surface area contributed by atoms with Gasteiger partial charge in [-0.15, -0.1) is 0 Å². The first kappa shape index (κ1) is 11.7. The van der Waals surface area contributed by atoms with E-state index in [2.05, 4.69) is 11.9 Å². The average Bonchev–Trinajstić information content (AvgIpc) is 2.27. The van der Waals surface area contributed by atoms with E-state index in [1.54, 1.807) is 12.4 Å². The number of rotatable bonds is 5. The quantitative estimate of drug-likeness (QED) is 0.452. The van der Waals surface area contributed by atoms with Gasteiger partial charge in [0, 0.05) is 18.8 Å². The van der Waals surface area contributed by atoms with Gasteiger partial charge in [-0.1, -0.05) is 13.3 Å². The molecule has 0 spiro atoms. The number of pyridine rings is 1. The summed E-state index contributed by atoms with van der Waals surface area (Å²) < 4.78 is 0. The van der Waals surface area contributed by atoms with Crippen molar-refractivity contribution < 1.29 is 4.79 Å². The number of hydrogen-bond acceptors (Lipinski definition) is 3. The predicted octanol–water partition coefficient (Wildman–Crippen LogP) is 1.47. The monoisotopic (exact) mass is 207 g/mol. The van der Waals surface area contributed by atoms with Crippen molar-refractivity contribution in [2.75, 3.05) is 0 Å². The van der Waals surface area contributed by atoms with Crippen LogP contribution in [-0.4, -0.2) is 15.9 Å². The van der Waals surface area contributed by atoms with E-state index in [-0.39, 0.29) is 5.91 Å². The third kappa shape index (κ3) is 4.08. The normalized spacial score (nSPS) is 10.0. The number of carbonyl (C=O) groups excluding carboxylic acids is 1. The molecule has 1 aromatic rings. The molecule has 1 heterocycles. The molecule has 1 rings (SSSR count). The summed E-state index contributed by atoms with van der Waals surface area (Å²) in [6.07, 6.45) is 5.81. The Kier molecular flexibility index (Phi) is 4.77. The Balaban J connectivity index is 2.41. The first-order chi connectivity index (χ1) is 7.24. The van der Waals surface area contributed by atoms with Crippen molar-refractivity contribution in [2.45, 2.75) is 32.7 Å². The van der Waals surface area contributed by atoms with Gasteiger partial charge in [-0.3, -0.25) is 14.8 Å². The highest BCUT2D eigenvalue weighted by Gasteiger charge is 2.08. The number of nitrogens with two attached hydrogens (primary N) is 1. The van der Waals surface area contributed by atoms with Crippen molar-refractivity contribution in [1.82, 2.24) is 9.99 Å². The lowest BCUT2D eigenvalue weighted by Gasteiger charge is -2.16. The van der Waals surface area contributed by atoms with Crippen LogP contribution in [0.2, 0.25) is 0 Å². The molecule has 0 aromatic carbocycles. The van der Waals surface area contributed by atoms with Gasteiger partial charge in [-0.2, -0.15) is 0 Å². The molecule has 1 amide bonds. The van der Waals surface area contributed by atoms with Crippen molar-refractivity contribution in [3.63, 3.8) is 0 Å². The summed E-state index contributed by atoms with van der Waals surface area (Å²) in [5.41, 5.74) is 0.998. The Morgan fingerprint density at radius 2 is 2.13 bits per heavy atom. The Morgan fingerprint density at radius 3 is 2.73 bits per heavy atom. The largest absolute Gasteiger partial charge is 0.276 e. The molecule has 2 N–H and O–H groups in total. The van der Waals surface area contributed by atoms with Crippen LogP contribution in [0.15, 0.2) is 24.5 Å². The number of unbranched alkanes of at least 4 members (excludes halogenated alkanes) is 1. The van der Waals surface area contributed by atoms with Gasteiger partial charge in [0.25, 0.3) is 0 Å². The van der Waals surface area contributed by atoms with Crippen LogP contribution in [0.5, 0.6) is 0 Å². The fourth-order valence-corrected chi connectivity index (χ4v) is 1.24. The van der Waals surface area contributed by atoms with E-state index < -0.39 is 0 Å². The van der Waals surface area contributed by atoms with Crippen molar-refractivity contribution in [3.8, 4) is 0 Å². The van der Waals surface area contributed by atoms with Gasteiger partial charge >= 0.3 is 0 Å². The summed E-state index contributed by atoms with van der Waals surface area (Å²) in [7, 11) is 0. The molecule has 0 radical (unpaired) electrons. The molecular formula is C11H17N3O. The lowest BCUT2D eigenvalue weighted by molar-refractivity contribution is -0.132. The molecule has 15 heavy (non-hydrogen) atoms. The van der Waals surface area contributed by atoms with Crippen molar-refractivity contribution in [3.05, 3.63) is 30.1 Å². The molecular weight excluding hydrogens is 190 g/mol. The van der Waals surface area contributed by atoms with Crippen LogP contribution < -0.4 is 5.84 Å². The first-order valence-electron chi connectivity index (χ1n) is 5.18. The maximum absolute atomic E-state index is 11.5. The second-order valence-corrected chi connectivity index (χ2v) is 3.48. The van der Waals surface area contributed by atoms with Gasteiger partial charge in [0.15, 0.2) is 0 Å². The van der Waals surface area contributed by atoms with E-state index in [0.29, 0.717) is 13.0 Å². The minimum absolute atomic E-state index is 0.00587. The van der Waals surface area contributed by atoms with Gasteiger partial charge in [-0.05, 0) is 24.1 Å². The van der Waals surface area contributed by atoms with E-state index >= 15 is 0 Å². The highest BCUT2D eigenvalue weighted by atomic mass is 16.2. The lowest BCUT2D eigenvalue weighted by Crippen LogP contribution is -2.36. The van der Waals surface area contributed by atoms with Gasteiger partial charge in [0.1, 0.15) is 0 Å². The summed E-state index contributed by atoms with van der Waals surface area (Å²) in [6, 6.07) is 3.71. The van der Waals surface area contributed by atoms with E-state index in [1.807, 2.05) is 12.1 Å². The minimum atomic E-state index is -0.00587. The molecule has 0 aliphatic rings. The van der Waals surface area contributed by atoms with Crippen LogP contribution in [0, 0.1) is 0 Å². The molecule has 0 unspecified atom stereocenters. The summed E-state index contributed by atoms with van der Waals surface area (Å²) in [5.74, 6) is 5.65. The molecule has 0 atom stereocenters. The van der Waals surface area contributed by atoms with Crippen LogP contribution in [0.3, 0.4) is 0 Å². The van der Waals surface area contributed by atoms with Crippen LogP contribution >= 0.6 is 0 Å². The number of nitrogens with zero attached hydrogens (tertiary/aromatic N) is 2. The fraction of sp³-hybridized carbons (Fsp3) is 0.455. The third-order valence-electron chi connectivity index (χ3n) is 2.17. The predicted molar refractivity (Wildman–Crippen MR) is 58.5 cm³/mol. The molecule has 0 saturated heterocycles. The molecule has 0 fully saturated rings. The molecule has 4 nitrogen and oxygen atoms in total. The molecule has 0 aliphatic carbocycles. The minimum Gasteiger partial charge on any atom is -0.276 e. The highest BCUT2D eigenvalue weighted by molar-refractivity contribution is 5.75. The zero-order valence-corrected chi connectivity index (χ0v) is 9.02. The zero-order chi connectivity index (χ0) is 11.1. The van der Waals surface area contributed by atoms with Crippen molar-refractivity contribution in [1.29, 1.82) is 0 Å². The number of amides is 1. The second-order valence-electron chi connectivity index (χ2n) is 3.48. The zero-order valence-electron chi connectivity index (χ0n) is 9.02. The van der Waals surface area contributed by atoms with E-state index in [0.717, 1.165) is 18.4 Å². The maximum atomic E-state index is 11.5. The van der Waals surface area contributed by atoms with E-state index in [1.165, 1.54) is 5.01 Å². The standard InChI is InChI=1S/C11H17N3O/c1-2-3-4-11(15)14(12)9-10-5-7-13-8-6-10/h5-8H,2-4,9,12H2,1H3. The summed E-state index contributed by atoms with van der Waals surface area (Å²) in [4.78, 5) is 15.4. The van der Waals surface area contributed by atoms with E-state index in [9.17, 15) is 4.79 Å². The number of aromatic nitrogens is 1. The Bertz CT molecular complexity index is 300. The van der Waals surface area contributed by atoms with Crippen LogP contribution in [0.1, 0.15) is 31.7 Å². The van der Waals surface area contributed by atoms with Crippen molar-refractivity contribution in [2.24, 2.45) is 5.84 Å². The second kappa shape index (κ2) is 6.14. The molecule has 4 heteroatoms. The van der Waals surface area contributed by atoms with Crippen molar-refractivity contribution >= 4 is 5.91 Å². The average molecular weight is 207 g/mol. The summed E-state index contributed by atoms with van der Waals surface area (Å²) in [5, 5.41) is 1.27. The molecule has 82 valence electrons. The smallest absolute Gasteiger partial charge is 0.236 e. The van der Waals surface area contributed by atoms with Crippen LogP contribution in [-0.2, 0) is 11.3 Å². The Morgan fingerprint density at radius 1 is 1.47 bits per heavy atom. The van der Waals surface area contributed by atoms with Gasteiger partial charge < -0.3 is 0 Å².